The van der Waals surface area contributed by atoms with E-state index in [-0.39, 0.29) is 5.91 Å². The lowest BCUT2D eigenvalue weighted by atomic mass is 10.00. The summed E-state index contributed by atoms with van der Waals surface area (Å²) in [6.07, 6.45) is 5.19. The van der Waals surface area contributed by atoms with Crippen LogP contribution in [0.1, 0.15) is 41.2 Å². The van der Waals surface area contributed by atoms with Gasteiger partial charge in [0.05, 0.1) is 30.9 Å². The summed E-state index contributed by atoms with van der Waals surface area (Å²) < 4.78 is 5.97. The summed E-state index contributed by atoms with van der Waals surface area (Å²) in [5.41, 5.74) is 2.03. The number of carbonyl (C=O) groups is 1. The number of hydrogen-bond donors (Lipinski definition) is 0. The van der Waals surface area contributed by atoms with E-state index in [2.05, 4.69) is 45.1 Å². The number of morpholine rings is 1. The van der Waals surface area contributed by atoms with Crippen molar-refractivity contribution in [3.8, 4) is 0 Å². The van der Waals surface area contributed by atoms with Gasteiger partial charge >= 0.3 is 0 Å². The maximum absolute atomic E-state index is 12.7. The van der Waals surface area contributed by atoms with Crippen LogP contribution in [0.25, 0.3) is 0 Å². The summed E-state index contributed by atoms with van der Waals surface area (Å²) in [4.78, 5) is 24.2. The molecule has 0 N–H and O–H groups in total. The summed E-state index contributed by atoms with van der Waals surface area (Å²) in [5.74, 6) is 1.07. The van der Waals surface area contributed by atoms with Crippen LogP contribution in [0.5, 0.6) is 0 Å². The summed E-state index contributed by atoms with van der Waals surface area (Å²) in [7, 11) is 0. The zero-order valence-corrected chi connectivity index (χ0v) is 17.4. The fourth-order valence-corrected chi connectivity index (χ4v) is 4.99. The van der Waals surface area contributed by atoms with E-state index in [0.29, 0.717) is 17.6 Å². The van der Waals surface area contributed by atoms with E-state index in [1.807, 2.05) is 17.0 Å². The molecular formula is C24H30N4O2. The average Bonchev–Trinajstić information content (AvgIpc) is 2.84. The zero-order valence-electron chi connectivity index (χ0n) is 17.4. The van der Waals surface area contributed by atoms with Gasteiger partial charge in [0.15, 0.2) is 0 Å². The molecule has 4 heterocycles. The lowest BCUT2D eigenvalue weighted by molar-refractivity contribution is -0.0548. The molecule has 0 radical (unpaired) electrons. The van der Waals surface area contributed by atoms with E-state index in [0.717, 1.165) is 64.6 Å². The number of benzene rings is 1. The number of fused-ring (bicyclic) bond motifs is 1. The summed E-state index contributed by atoms with van der Waals surface area (Å²) in [6.45, 7) is 6.07. The van der Waals surface area contributed by atoms with Crippen molar-refractivity contribution in [1.29, 1.82) is 0 Å². The number of rotatable bonds is 3. The number of hydrogen-bond acceptors (Lipinski definition) is 5. The van der Waals surface area contributed by atoms with Crippen LogP contribution in [-0.4, -0.2) is 72.7 Å². The van der Waals surface area contributed by atoms with E-state index in [1.165, 1.54) is 12.0 Å². The van der Waals surface area contributed by atoms with Crippen molar-refractivity contribution in [2.45, 2.75) is 31.3 Å². The molecule has 0 saturated carbocycles. The molecule has 3 aliphatic heterocycles. The SMILES string of the molecule is O=C(c1ccc(N2CCN3[C@@H](COC[C@@H]3c3ccccc3)C2)nc1)N1CCCCC1. The minimum Gasteiger partial charge on any atom is -0.378 e. The molecule has 3 aliphatic rings. The van der Waals surface area contributed by atoms with Crippen LogP contribution in [0, 0.1) is 0 Å². The van der Waals surface area contributed by atoms with Gasteiger partial charge in [0.25, 0.3) is 5.91 Å². The van der Waals surface area contributed by atoms with E-state index in [4.69, 9.17) is 4.74 Å². The van der Waals surface area contributed by atoms with Gasteiger partial charge in [0.2, 0.25) is 0 Å². The van der Waals surface area contributed by atoms with Crippen LogP contribution in [0.2, 0.25) is 0 Å². The fourth-order valence-electron chi connectivity index (χ4n) is 4.99. The average molecular weight is 407 g/mol. The molecule has 158 valence electrons. The molecule has 0 spiro atoms. The third-order valence-electron chi connectivity index (χ3n) is 6.66. The largest absolute Gasteiger partial charge is 0.378 e. The van der Waals surface area contributed by atoms with Crippen LogP contribution < -0.4 is 4.90 Å². The molecule has 0 unspecified atom stereocenters. The van der Waals surface area contributed by atoms with Gasteiger partial charge in [-0.25, -0.2) is 4.98 Å². The van der Waals surface area contributed by atoms with Crippen molar-refractivity contribution in [1.82, 2.24) is 14.8 Å². The van der Waals surface area contributed by atoms with Gasteiger partial charge in [-0.2, -0.15) is 0 Å². The molecule has 3 fully saturated rings. The maximum Gasteiger partial charge on any atom is 0.255 e. The number of ether oxygens (including phenoxy) is 1. The molecule has 0 aliphatic carbocycles. The van der Waals surface area contributed by atoms with Gasteiger partial charge in [-0.1, -0.05) is 30.3 Å². The van der Waals surface area contributed by atoms with Gasteiger partial charge in [0, 0.05) is 38.9 Å². The zero-order chi connectivity index (χ0) is 20.3. The Balaban J connectivity index is 1.25. The molecule has 1 aromatic heterocycles. The Labute approximate surface area is 178 Å². The number of nitrogens with zero attached hydrogens (tertiary/aromatic N) is 4. The van der Waals surface area contributed by atoms with Crippen LogP contribution >= 0.6 is 0 Å². The predicted molar refractivity (Wildman–Crippen MR) is 117 cm³/mol. The quantitative estimate of drug-likeness (QED) is 0.784. The molecule has 5 rings (SSSR count). The van der Waals surface area contributed by atoms with Crippen molar-refractivity contribution >= 4 is 11.7 Å². The Morgan fingerprint density at radius 1 is 0.933 bits per heavy atom. The summed E-state index contributed by atoms with van der Waals surface area (Å²) in [5, 5.41) is 0. The van der Waals surface area contributed by atoms with Crippen molar-refractivity contribution in [3.63, 3.8) is 0 Å². The second-order valence-electron chi connectivity index (χ2n) is 8.56. The van der Waals surface area contributed by atoms with Crippen molar-refractivity contribution < 1.29 is 9.53 Å². The summed E-state index contributed by atoms with van der Waals surface area (Å²) >= 11 is 0. The first kappa shape index (κ1) is 19.5. The molecule has 1 aromatic carbocycles. The highest BCUT2D eigenvalue weighted by Gasteiger charge is 2.36. The second-order valence-corrected chi connectivity index (χ2v) is 8.56. The number of likely N-dealkylation sites (tertiary alicyclic amines) is 1. The number of piperazine rings is 1. The second kappa shape index (κ2) is 8.74. The van der Waals surface area contributed by atoms with Crippen molar-refractivity contribution in [2.75, 3.05) is 50.8 Å². The lowest BCUT2D eigenvalue weighted by Crippen LogP contribution is -2.59. The number of amides is 1. The minimum atomic E-state index is 0.116. The van der Waals surface area contributed by atoms with Crippen molar-refractivity contribution in [2.24, 2.45) is 0 Å². The molecule has 6 nitrogen and oxygen atoms in total. The Hall–Kier alpha value is -2.44. The Bertz CT molecular complexity index is 851. The van der Waals surface area contributed by atoms with E-state index in [1.54, 1.807) is 6.20 Å². The Morgan fingerprint density at radius 2 is 1.77 bits per heavy atom. The highest BCUT2D eigenvalue weighted by molar-refractivity contribution is 5.94. The number of carbonyl (C=O) groups excluding carboxylic acids is 1. The highest BCUT2D eigenvalue weighted by Crippen LogP contribution is 2.30. The van der Waals surface area contributed by atoms with Crippen LogP contribution in [0.4, 0.5) is 5.82 Å². The number of pyridine rings is 1. The van der Waals surface area contributed by atoms with Gasteiger partial charge < -0.3 is 14.5 Å². The standard InChI is InChI=1S/C24H30N4O2/c29-24(26-11-5-2-6-12-26)20-9-10-23(25-15-20)27-13-14-28-21(16-27)17-30-18-22(28)19-7-3-1-4-8-19/h1,3-4,7-10,15,21-22H,2,5-6,11-14,16-18H2/t21-,22-/m1/s1. The number of piperidine rings is 1. The topological polar surface area (TPSA) is 48.9 Å². The Kier molecular flexibility index (Phi) is 5.69. The fraction of sp³-hybridized carbons (Fsp3) is 0.500. The predicted octanol–water partition coefficient (Wildman–Crippen LogP) is 2.97. The summed E-state index contributed by atoms with van der Waals surface area (Å²) in [6, 6.07) is 15.3. The van der Waals surface area contributed by atoms with E-state index < -0.39 is 0 Å². The molecule has 2 atom stereocenters. The lowest BCUT2D eigenvalue weighted by Gasteiger charge is -2.48. The Morgan fingerprint density at radius 3 is 2.53 bits per heavy atom. The van der Waals surface area contributed by atoms with Gasteiger partial charge in [-0.3, -0.25) is 9.69 Å². The van der Waals surface area contributed by atoms with Crippen molar-refractivity contribution in [3.05, 3.63) is 59.8 Å². The monoisotopic (exact) mass is 406 g/mol. The minimum absolute atomic E-state index is 0.116. The maximum atomic E-state index is 12.7. The molecule has 30 heavy (non-hydrogen) atoms. The van der Waals surface area contributed by atoms with Crippen LogP contribution in [0.3, 0.4) is 0 Å². The molecule has 6 heteroatoms. The van der Waals surface area contributed by atoms with Gasteiger partial charge in [0.1, 0.15) is 5.82 Å². The first-order valence-corrected chi connectivity index (χ1v) is 11.2. The number of aromatic nitrogens is 1. The van der Waals surface area contributed by atoms with E-state index in [9.17, 15) is 4.79 Å². The first-order chi connectivity index (χ1) is 14.8. The molecule has 3 saturated heterocycles. The van der Waals surface area contributed by atoms with Crippen LogP contribution in [0.15, 0.2) is 48.7 Å². The van der Waals surface area contributed by atoms with Gasteiger partial charge in [-0.05, 0) is 37.0 Å². The molecule has 2 aromatic rings. The van der Waals surface area contributed by atoms with E-state index >= 15 is 0 Å². The third kappa shape index (κ3) is 3.94. The number of anilines is 1. The molecule has 0 bridgehead atoms. The smallest absolute Gasteiger partial charge is 0.255 e. The molecular weight excluding hydrogens is 376 g/mol. The molecule has 1 amide bonds. The first-order valence-electron chi connectivity index (χ1n) is 11.2. The van der Waals surface area contributed by atoms with Crippen LogP contribution in [-0.2, 0) is 4.74 Å². The normalized spacial score (nSPS) is 25.1. The van der Waals surface area contributed by atoms with Gasteiger partial charge in [-0.15, -0.1) is 0 Å². The third-order valence-corrected chi connectivity index (χ3v) is 6.66. The highest BCUT2D eigenvalue weighted by atomic mass is 16.5.